The molecule has 2 unspecified atom stereocenters. The highest BCUT2D eigenvalue weighted by atomic mass is 16.3. The van der Waals surface area contributed by atoms with E-state index in [0.717, 1.165) is 25.6 Å². The molecule has 3 nitrogen and oxygen atoms in total. The van der Waals surface area contributed by atoms with Crippen molar-refractivity contribution in [3.8, 4) is 0 Å². The van der Waals surface area contributed by atoms with E-state index in [1.54, 1.807) is 0 Å². The summed E-state index contributed by atoms with van der Waals surface area (Å²) >= 11 is 0. The fraction of sp³-hybridized carbons (Fsp3) is 1.00. The average Bonchev–Trinajstić information content (AvgIpc) is 2.47. The molecule has 0 aliphatic carbocycles. The molecule has 0 aromatic carbocycles. The molecule has 1 rings (SSSR count). The fourth-order valence-corrected chi connectivity index (χ4v) is 1.73. The average molecular weight is 186 g/mol. The third-order valence-electron chi connectivity index (χ3n) is 2.78. The molecule has 1 heterocycles. The van der Waals surface area contributed by atoms with Crippen LogP contribution in [0.25, 0.3) is 0 Å². The Kier molecular flexibility index (Phi) is 4.16. The molecule has 1 fully saturated rings. The van der Waals surface area contributed by atoms with Crippen LogP contribution in [0.2, 0.25) is 0 Å². The molecular formula is C10H22N2O. The Hall–Kier alpha value is -0.120. The Labute approximate surface area is 81.1 Å². The van der Waals surface area contributed by atoms with Crippen molar-refractivity contribution < 1.29 is 5.11 Å². The SMILES string of the molecule is CC(C)CCN(C)C1CNCC1O. The van der Waals surface area contributed by atoms with Crippen molar-refractivity contribution in [2.45, 2.75) is 32.4 Å². The summed E-state index contributed by atoms with van der Waals surface area (Å²) in [5.74, 6) is 0.744. The van der Waals surface area contributed by atoms with Gasteiger partial charge in [0.15, 0.2) is 0 Å². The van der Waals surface area contributed by atoms with Gasteiger partial charge in [-0.2, -0.15) is 0 Å². The van der Waals surface area contributed by atoms with E-state index in [9.17, 15) is 5.11 Å². The lowest BCUT2D eigenvalue weighted by molar-refractivity contribution is 0.0967. The van der Waals surface area contributed by atoms with Crippen molar-refractivity contribution in [2.24, 2.45) is 5.92 Å². The second-order valence-corrected chi connectivity index (χ2v) is 4.46. The Bertz CT molecular complexity index is 150. The molecule has 0 aromatic rings. The minimum atomic E-state index is -0.183. The molecule has 1 aliphatic rings. The standard InChI is InChI=1S/C10H22N2O/c1-8(2)4-5-12(3)9-6-11-7-10(9)13/h8-11,13H,4-7H2,1-3H3. The second-order valence-electron chi connectivity index (χ2n) is 4.46. The largest absolute Gasteiger partial charge is 0.390 e. The number of aliphatic hydroxyl groups excluding tert-OH is 1. The summed E-state index contributed by atoms with van der Waals surface area (Å²) < 4.78 is 0. The number of β-amino-alcohol motifs (C(OH)–C–C–N with tert-alkyl or cyclic N) is 1. The number of nitrogens with zero attached hydrogens (tertiary/aromatic N) is 1. The summed E-state index contributed by atoms with van der Waals surface area (Å²) in [6.07, 6.45) is 1.02. The lowest BCUT2D eigenvalue weighted by Gasteiger charge is -2.26. The molecule has 2 atom stereocenters. The van der Waals surface area contributed by atoms with E-state index >= 15 is 0 Å². The van der Waals surface area contributed by atoms with E-state index < -0.39 is 0 Å². The third kappa shape index (κ3) is 3.25. The summed E-state index contributed by atoms with van der Waals surface area (Å²) in [6.45, 7) is 7.22. The highest BCUT2D eigenvalue weighted by molar-refractivity contribution is 4.87. The van der Waals surface area contributed by atoms with E-state index in [4.69, 9.17) is 0 Å². The number of hydrogen-bond donors (Lipinski definition) is 2. The topological polar surface area (TPSA) is 35.5 Å². The molecule has 13 heavy (non-hydrogen) atoms. The van der Waals surface area contributed by atoms with Gasteiger partial charge in [-0.05, 0) is 25.9 Å². The van der Waals surface area contributed by atoms with Crippen LogP contribution < -0.4 is 5.32 Å². The first kappa shape index (κ1) is 11.0. The van der Waals surface area contributed by atoms with Gasteiger partial charge in [0.1, 0.15) is 0 Å². The van der Waals surface area contributed by atoms with Crippen LogP contribution in [0.4, 0.5) is 0 Å². The van der Waals surface area contributed by atoms with Crippen LogP contribution in [0.15, 0.2) is 0 Å². The van der Waals surface area contributed by atoms with Gasteiger partial charge in [0.2, 0.25) is 0 Å². The zero-order valence-corrected chi connectivity index (χ0v) is 8.95. The first-order valence-electron chi connectivity index (χ1n) is 5.20. The van der Waals surface area contributed by atoms with Gasteiger partial charge in [0.05, 0.1) is 6.10 Å². The minimum absolute atomic E-state index is 0.183. The fourth-order valence-electron chi connectivity index (χ4n) is 1.73. The van der Waals surface area contributed by atoms with Crippen molar-refractivity contribution in [3.05, 3.63) is 0 Å². The summed E-state index contributed by atoms with van der Waals surface area (Å²) in [5, 5.41) is 12.8. The Balaban J connectivity index is 2.25. The van der Waals surface area contributed by atoms with Gasteiger partial charge >= 0.3 is 0 Å². The highest BCUT2D eigenvalue weighted by Gasteiger charge is 2.27. The number of rotatable bonds is 4. The van der Waals surface area contributed by atoms with Crippen LogP contribution in [-0.2, 0) is 0 Å². The maximum atomic E-state index is 9.62. The Morgan fingerprint density at radius 3 is 2.62 bits per heavy atom. The van der Waals surface area contributed by atoms with Crippen LogP contribution in [0, 0.1) is 5.92 Å². The molecule has 0 bridgehead atoms. The van der Waals surface area contributed by atoms with Crippen molar-refractivity contribution in [1.82, 2.24) is 10.2 Å². The maximum Gasteiger partial charge on any atom is 0.0831 e. The zero-order chi connectivity index (χ0) is 9.84. The zero-order valence-electron chi connectivity index (χ0n) is 8.95. The number of aliphatic hydroxyl groups is 1. The van der Waals surface area contributed by atoms with Gasteiger partial charge in [-0.3, -0.25) is 4.90 Å². The van der Waals surface area contributed by atoms with Crippen LogP contribution in [0.1, 0.15) is 20.3 Å². The number of nitrogens with one attached hydrogen (secondary N) is 1. The molecule has 2 N–H and O–H groups in total. The highest BCUT2D eigenvalue weighted by Crippen LogP contribution is 2.09. The summed E-state index contributed by atoms with van der Waals surface area (Å²) in [4.78, 5) is 2.27. The van der Waals surface area contributed by atoms with Crippen LogP contribution >= 0.6 is 0 Å². The smallest absolute Gasteiger partial charge is 0.0831 e. The summed E-state index contributed by atoms with van der Waals surface area (Å²) in [5.41, 5.74) is 0. The lowest BCUT2D eigenvalue weighted by Crippen LogP contribution is -2.41. The van der Waals surface area contributed by atoms with Crippen molar-refractivity contribution in [2.75, 3.05) is 26.7 Å². The third-order valence-corrected chi connectivity index (χ3v) is 2.78. The van der Waals surface area contributed by atoms with Crippen LogP contribution in [0.5, 0.6) is 0 Å². The molecular weight excluding hydrogens is 164 g/mol. The molecule has 1 aliphatic heterocycles. The van der Waals surface area contributed by atoms with Crippen molar-refractivity contribution in [1.29, 1.82) is 0 Å². The molecule has 0 amide bonds. The molecule has 0 radical (unpaired) electrons. The Morgan fingerprint density at radius 1 is 1.46 bits per heavy atom. The second kappa shape index (κ2) is 4.94. The van der Waals surface area contributed by atoms with Gasteiger partial charge in [-0.25, -0.2) is 0 Å². The van der Waals surface area contributed by atoms with E-state index in [1.807, 2.05) is 0 Å². The van der Waals surface area contributed by atoms with E-state index in [1.165, 1.54) is 6.42 Å². The van der Waals surface area contributed by atoms with E-state index in [0.29, 0.717) is 6.04 Å². The van der Waals surface area contributed by atoms with Gasteiger partial charge in [0, 0.05) is 19.1 Å². The van der Waals surface area contributed by atoms with E-state index in [-0.39, 0.29) is 6.10 Å². The van der Waals surface area contributed by atoms with Crippen molar-refractivity contribution in [3.63, 3.8) is 0 Å². The van der Waals surface area contributed by atoms with E-state index in [2.05, 4.69) is 31.1 Å². The molecule has 0 spiro atoms. The summed E-state index contributed by atoms with van der Waals surface area (Å²) in [7, 11) is 2.10. The summed E-state index contributed by atoms with van der Waals surface area (Å²) in [6, 6.07) is 0.318. The maximum absolute atomic E-state index is 9.62. The van der Waals surface area contributed by atoms with Crippen molar-refractivity contribution >= 4 is 0 Å². The predicted octanol–water partition coefficient (Wildman–Crippen LogP) is 0.297. The minimum Gasteiger partial charge on any atom is -0.390 e. The normalized spacial score (nSPS) is 29.1. The molecule has 0 saturated carbocycles. The van der Waals surface area contributed by atoms with Crippen LogP contribution in [0.3, 0.4) is 0 Å². The Morgan fingerprint density at radius 2 is 2.15 bits per heavy atom. The number of likely N-dealkylation sites (N-methyl/N-ethyl adjacent to an activating group) is 1. The number of hydrogen-bond acceptors (Lipinski definition) is 3. The first-order chi connectivity index (χ1) is 6.11. The quantitative estimate of drug-likeness (QED) is 0.663. The molecule has 0 aromatic heterocycles. The monoisotopic (exact) mass is 186 g/mol. The molecule has 78 valence electrons. The molecule has 1 saturated heterocycles. The van der Waals surface area contributed by atoms with Gasteiger partial charge < -0.3 is 10.4 Å². The van der Waals surface area contributed by atoms with Gasteiger partial charge in [0.25, 0.3) is 0 Å². The van der Waals surface area contributed by atoms with Gasteiger partial charge in [-0.15, -0.1) is 0 Å². The van der Waals surface area contributed by atoms with Gasteiger partial charge in [-0.1, -0.05) is 13.8 Å². The van der Waals surface area contributed by atoms with Crippen LogP contribution in [-0.4, -0.2) is 48.8 Å². The first-order valence-corrected chi connectivity index (χ1v) is 5.20. The predicted molar refractivity (Wildman–Crippen MR) is 54.7 cm³/mol. The molecule has 3 heteroatoms. The lowest BCUT2D eigenvalue weighted by atomic mass is 10.1.